The Labute approximate surface area is 122 Å². The van der Waals surface area contributed by atoms with Gasteiger partial charge in [0, 0.05) is 19.3 Å². The van der Waals surface area contributed by atoms with E-state index in [-0.39, 0.29) is 0 Å². The highest BCUT2D eigenvalue weighted by Crippen LogP contribution is 2.23. The minimum Gasteiger partial charge on any atom is -0.383 e. The standard InChI is InChI=1S/C15H35NO2Si/c1-8-11-19(17-9-2,18-10-3)16(12-14(4)5)13-15(6)7/h14-15H,8-13H2,1-7H3. The number of nitrogens with zero attached hydrogens (tertiary/aromatic N) is 1. The Bertz CT molecular complexity index is 195. The van der Waals surface area contributed by atoms with Gasteiger partial charge in [0.25, 0.3) is 0 Å². The molecule has 0 aliphatic heterocycles. The third-order valence-corrected chi connectivity index (χ3v) is 6.90. The molecule has 3 nitrogen and oxygen atoms in total. The third-order valence-electron chi connectivity index (χ3n) is 2.96. The molecule has 0 aromatic carbocycles. The van der Waals surface area contributed by atoms with Gasteiger partial charge in [-0.25, -0.2) is 0 Å². The molecule has 0 aliphatic rings. The summed E-state index contributed by atoms with van der Waals surface area (Å²) in [4.78, 5) is 0. The van der Waals surface area contributed by atoms with Crippen molar-refractivity contribution < 1.29 is 8.85 Å². The Morgan fingerprint density at radius 2 is 1.26 bits per heavy atom. The minimum atomic E-state index is -2.22. The molecule has 0 fully saturated rings. The maximum absolute atomic E-state index is 6.22. The van der Waals surface area contributed by atoms with Gasteiger partial charge in [-0.1, -0.05) is 41.0 Å². The van der Waals surface area contributed by atoms with Crippen LogP contribution in [-0.4, -0.2) is 39.6 Å². The number of hydrogen-bond acceptors (Lipinski definition) is 3. The first-order valence-electron chi connectivity index (χ1n) is 7.94. The van der Waals surface area contributed by atoms with E-state index in [2.05, 4.69) is 53.0 Å². The van der Waals surface area contributed by atoms with Crippen LogP contribution in [0, 0.1) is 11.8 Å². The second kappa shape index (κ2) is 9.92. The molecule has 0 atom stereocenters. The number of hydrogen-bond donors (Lipinski definition) is 0. The lowest BCUT2D eigenvalue weighted by Crippen LogP contribution is -2.60. The van der Waals surface area contributed by atoms with Crippen molar-refractivity contribution in [3.05, 3.63) is 0 Å². The van der Waals surface area contributed by atoms with Gasteiger partial charge in [0.2, 0.25) is 0 Å². The highest BCUT2D eigenvalue weighted by Gasteiger charge is 2.44. The highest BCUT2D eigenvalue weighted by atomic mass is 28.4. The molecule has 0 heterocycles. The average molecular weight is 290 g/mol. The van der Waals surface area contributed by atoms with E-state index in [0.29, 0.717) is 11.8 Å². The second-order valence-electron chi connectivity index (χ2n) is 6.02. The molecule has 0 amide bonds. The predicted molar refractivity (Wildman–Crippen MR) is 85.4 cm³/mol. The van der Waals surface area contributed by atoms with E-state index in [1.165, 1.54) is 0 Å². The Morgan fingerprint density at radius 3 is 1.53 bits per heavy atom. The summed E-state index contributed by atoms with van der Waals surface area (Å²) in [5, 5.41) is 0. The first-order valence-corrected chi connectivity index (χ1v) is 9.91. The summed E-state index contributed by atoms with van der Waals surface area (Å²) in [5.41, 5.74) is 0. The normalized spacial score (nSPS) is 12.9. The van der Waals surface area contributed by atoms with Crippen LogP contribution >= 0.6 is 0 Å². The topological polar surface area (TPSA) is 21.7 Å². The Balaban J connectivity index is 5.14. The molecule has 4 heteroatoms. The SMILES string of the molecule is CCC[Si](OCC)(OCC)N(CC(C)C)CC(C)C. The molecule has 0 bridgehead atoms. The quantitative estimate of drug-likeness (QED) is 0.536. The zero-order chi connectivity index (χ0) is 14.9. The Morgan fingerprint density at radius 1 is 0.842 bits per heavy atom. The highest BCUT2D eigenvalue weighted by molar-refractivity contribution is 6.64. The molecule has 0 aromatic heterocycles. The summed E-state index contributed by atoms with van der Waals surface area (Å²) in [6, 6.07) is 1.06. The fourth-order valence-corrected chi connectivity index (χ4v) is 6.40. The van der Waals surface area contributed by atoms with Crippen LogP contribution in [0.25, 0.3) is 0 Å². The van der Waals surface area contributed by atoms with Crippen LogP contribution in [0.4, 0.5) is 0 Å². The van der Waals surface area contributed by atoms with E-state index >= 15 is 0 Å². The van der Waals surface area contributed by atoms with Crippen LogP contribution < -0.4 is 0 Å². The van der Waals surface area contributed by atoms with Crippen molar-refractivity contribution in [3.8, 4) is 0 Å². The van der Waals surface area contributed by atoms with E-state index < -0.39 is 8.72 Å². The van der Waals surface area contributed by atoms with Crippen molar-refractivity contribution in [2.24, 2.45) is 11.8 Å². The molecular weight excluding hydrogens is 254 g/mol. The van der Waals surface area contributed by atoms with Gasteiger partial charge < -0.3 is 8.85 Å². The van der Waals surface area contributed by atoms with Crippen LogP contribution in [0.15, 0.2) is 0 Å². The van der Waals surface area contributed by atoms with Crippen molar-refractivity contribution in [3.63, 3.8) is 0 Å². The van der Waals surface area contributed by atoms with Crippen LogP contribution in [0.5, 0.6) is 0 Å². The molecule has 0 radical (unpaired) electrons. The molecule has 19 heavy (non-hydrogen) atoms. The van der Waals surface area contributed by atoms with Crippen molar-refractivity contribution in [2.75, 3.05) is 26.3 Å². The largest absolute Gasteiger partial charge is 0.427 e. The van der Waals surface area contributed by atoms with Crippen LogP contribution in [0.2, 0.25) is 6.04 Å². The van der Waals surface area contributed by atoms with Gasteiger partial charge in [0.15, 0.2) is 0 Å². The molecule has 0 N–H and O–H groups in total. The van der Waals surface area contributed by atoms with Gasteiger partial charge in [-0.3, -0.25) is 4.57 Å². The minimum absolute atomic E-state index is 0.642. The lowest BCUT2D eigenvalue weighted by molar-refractivity contribution is 0.108. The smallest absolute Gasteiger partial charge is 0.383 e. The van der Waals surface area contributed by atoms with Gasteiger partial charge >= 0.3 is 8.72 Å². The average Bonchev–Trinajstić information content (AvgIpc) is 2.27. The van der Waals surface area contributed by atoms with E-state index in [1.54, 1.807) is 0 Å². The first-order chi connectivity index (χ1) is 8.91. The molecule has 0 saturated heterocycles. The Hall–Kier alpha value is 0.0969. The molecule has 0 saturated carbocycles. The summed E-state index contributed by atoms with van der Waals surface area (Å²) in [5.74, 6) is 1.28. The van der Waals surface area contributed by atoms with Gasteiger partial charge in [-0.15, -0.1) is 0 Å². The van der Waals surface area contributed by atoms with Crippen LogP contribution in [0.1, 0.15) is 54.9 Å². The molecule has 0 rings (SSSR count). The molecular formula is C15H35NO2Si. The zero-order valence-corrected chi connectivity index (χ0v) is 15.2. The van der Waals surface area contributed by atoms with Crippen molar-refractivity contribution in [2.45, 2.75) is 60.9 Å². The lowest BCUT2D eigenvalue weighted by atomic mass is 10.2. The van der Waals surface area contributed by atoms with Gasteiger partial charge in [-0.2, -0.15) is 0 Å². The van der Waals surface area contributed by atoms with E-state index in [9.17, 15) is 0 Å². The van der Waals surface area contributed by atoms with E-state index in [4.69, 9.17) is 8.85 Å². The molecule has 0 aliphatic carbocycles. The van der Waals surface area contributed by atoms with Crippen LogP contribution in [0.3, 0.4) is 0 Å². The van der Waals surface area contributed by atoms with Gasteiger partial charge in [0.05, 0.1) is 0 Å². The molecule has 0 aromatic rings. The van der Waals surface area contributed by atoms with Crippen molar-refractivity contribution in [1.82, 2.24) is 4.57 Å². The fraction of sp³-hybridized carbons (Fsp3) is 1.00. The summed E-state index contributed by atoms with van der Waals surface area (Å²) < 4.78 is 15.0. The predicted octanol–water partition coefficient (Wildman–Crippen LogP) is 4.02. The van der Waals surface area contributed by atoms with Crippen LogP contribution in [-0.2, 0) is 8.85 Å². The van der Waals surface area contributed by atoms with Gasteiger partial charge in [0.1, 0.15) is 0 Å². The summed E-state index contributed by atoms with van der Waals surface area (Å²) in [6.45, 7) is 19.1. The fourth-order valence-electron chi connectivity index (χ4n) is 2.53. The molecule has 0 spiro atoms. The van der Waals surface area contributed by atoms with E-state index in [1.807, 2.05) is 0 Å². The van der Waals surface area contributed by atoms with Crippen molar-refractivity contribution in [1.29, 1.82) is 0 Å². The summed E-state index contributed by atoms with van der Waals surface area (Å²) in [6.07, 6.45) is 1.12. The Kier molecular flexibility index (Phi) is 9.97. The lowest BCUT2D eigenvalue weighted by Gasteiger charge is -2.41. The maximum atomic E-state index is 6.22. The van der Waals surface area contributed by atoms with Crippen molar-refractivity contribution >= 4 is 8.72 Å². The number of rotatable bonds is 11. The summed E-state index contributed by atoms with van der Waals surface area (Å²) in [7, 11) is -2.22. The summed E-state index contributed by atoms with van der Waals surface area (Å²) >= 11 is 0. The third kappa shape index (κ3) is 6.89. The van der Waals surface area contributed by atoms with E-state index in [0.717, 1.165) is 38.8 Å². The monoisotopic (exact) mass is 289 g/mol. The second-order valence-corrected chi connectivity index (χ2v) is 9.16. The zero-order valence-electron chi connectivity index (χ0n) is 14.2. The molecule has 116 valence electrons. The maximum Gasteiger partial charge on any atom is 0.427 e. The first kappa shape index (κ1) is 19.1. The van der Waals surface area contributed by atoms with Gasteiger partial charge in [-0.05, 0) is 38.8 Å². The molecule has 0 unspecified atom stereocenters.